The predicted octanol–water partition coefficient (Wildman–Crippen LogP) is 1.18. The predicted molar refractivity (Wildman–Crippen MR) is 74.5 cm³/mol. The van der Waals surface area contributed by atoms with E-state index >= 15 is 0 Å². The van der Waals surface area contributed by atoms with E-state index < -0.39 is 10.0 Å². The Kier molecular flexibility index (Phi) is 4.53. The number of nitrogens with zero attached hydrogens (tertiary/aromatic N) is 1. The number of aryl methyl sites for hydroxylation is 1. The van der Waals surface area contributed by atoms with Gasteiger partial charge in [0.15, 0.2) is 5.76 Å². The summed E-state index contributed by atoms with van der Waals surface area (Å²) in [7, 11) is -1.74. The molecule has 0 radical (unpaired) electrons. The Labute approximate surface area is 118 Å². The molecule has 0 bridgehead atoms. The summed E-state index contributed by atoms with van der Waals surface area (Å²) in [6.45, 7) is 2.65. The van der Waals surface area contributed by atoms with Gasteiger partial charge in [-0.1, -0.05) is 11.2 Å². The fraction of sp³-hybridized carbons (Fsp3) is 0.308. The molecule has 0 fully saturated rings. The summed E-state index contributed by atoms with van der Waals surface area (Å²) in [5.41, 5.74) is 2.00. The zero-order valence-corrected chi connectivity index (χ0v) is 12.2. The van der Waals surface area contributed by atoms with Crippen molar-refractivity contribution in [3.05, 3.63) is 47.3 Å². The molecule has 0 aliphatic heterocycles. The van der Waals surface area contributed by atoms with Crippen molar-refractivity contribution in [2.24, 2.45) is 0 Å². The molecule has 1 heterocycles. The van der Waals surface area contributed by atoms with Crippen molar-refractivity contribution in [2.75, 3.05) is 7.05 Å². The molecule has 1 aromatic heterocycles. The molecular weight excluding hydrogens is 278 g/mol. The summed E-state index contributed by atoms with van der Waals surface area (Å²) < 4.78 is 31.7. The summed E-state index contributed by atoms with van der Waals surface area (Å²) in [6, 6.07) is 6.69. The van der Waals surface area contributed by atoms with Crippen molar-refractivity contribution in [3.8, 4) is 0 Å². The third kappa shape index (κ3) is 3.44. The van der Waals surface area contributed by atoms with E-state index in [4.69, 9.17) is 4.52 Å². The molecule has 0 saturated carbocycles. The molecule has 20 heavy (non-hydrogen) atoms. The van der Waals surface area contributed by atoms with E-state index in [2.05, 4.69) is 15.2 Å². The molecule has 0 atom stereocenters. The summed E-state index contributed by atoms with van der Waals surface area (Å²) in [6.07, 6.45) is 1.47. The molecule has 0 spiro atoms. The molecule has 0 aliphatic carbocycles. The van der Waals surface area contributed by atoms with E-state index in [1.54, 1.807) is 24.3 Å². The summed E-state index contributed by atoms with van der Waals surface area (Å²) in [5.74, 6) is 0.469. The van der Waals surface area contributed by atoms with Gasteiger partial charge in [-0.2, -0.15) is 0 Å². The summed E-state index contributed by atoms with van der Waals surface area (Å²) in [4.78, 5) is 0.243. The zero-order valence-electron chi connectivity index (χ0n) is 11.4. The fourth-order valence-corrected chi connectivity index (χ4v) is 2.82. The average Bonchev–Trinajstić information content (AvgIpc) is 2.92. The highest BCUT2D eigenvalue weighted by molar-refractivity contribution is 7.89. The van der Waals surface area contributed by atoms with Crippen LogP contribution in [0.2, 0.25) is 0 Å². The van der Waals surface area contributed by atoms with Crippen LogP contribution in [-0.4, -0.2) is 20.6 Å². The van der Waals surface area contributed by atoms with Crippen LogP contribution < -0.4 is 10.0 Å². The van der Waals surface area contributed by atoms with E-state index in [0.717, 1.165) is 11.1 Å². The van der Waals surface area contributed by atoms with Crippen molar-refractivity contribution < 1.29 is 12.9 Å². The lowest BCUT2D eigenvalue weighted by Gasteiger charge is -2.09. The van der Waals surface area contributed by atoms with E-state index in [9.17, 15) is 8.42 Å². The smallest absolute Gasteiger partial charge is 0.240 e. The normalized spacial score (nSPS) is 11.7. The van der Waals surface area contributed by atoms with Crippen LogP contribution in [0.3, 0.4) is 0 Å². The topological polar surface area (TPSA) is 84.2 Å². The van der Waals surface area contributed by atoms with Crippen LogP contribution in [0, 0.1) is 6.92 Å². The van der Waals surface area contributed by atoms with Crippen molar-refractivity contribution in [2.45, 2.75) is 24.9 Å². The lowest BCUT2D eigenvalue weighted by atomic mass is 10.1. The molecule has 0 saturated heterocycles. The maximum Gasteiger partial charge on any atom is 0.240 e. The van der Waals surface area contributed by atoms with Crippen LogP contribution in [0.5, 0.6) is 0 Å². The van der Waals surface area contributed by atoms with Crippen LogP contribution in [0.4, 0.5) is 0 Å². The Bertz CT molecular complexity index is 666. The minimum absolute atomic E-state index is 0.0809. The maximum atomic E-state index is 12.2. The van der Waals surface area contributed by atoms with Gasteiger partial charge in [0, 0.05) is 12.6 Å². The third-order valence-electron chi connectivity index (χ3n) is 2.93. The number of hydrogen-bond donors (Lipinski definition) is 2. The quantitative estimate of drug-likeness (QED) is 0.836. The molecule has 0 unspecified atom stereocenters. The van der Waals surface area contributed by atoms with Gasteiger partial charge in [-0.05, 0) is 37.2 Å². The molecule has 108 valence electrons. The number of rotatable bonds is 6. The Morgan fingerprint density at radius 3 is 2.70 bits per heavy atom. The second-order valence-electron chi connectivity index (χ2n) is 4.42. The van der Waals surface area contributed by atoms with Gasteiger partial charge in [-0.25, -0.2) is 13.1 Å². The number of benzene rings is 1. The number of aromatic nitrogens is 1. The molecule has 1 aromatic carbocycles. The monoisotopic (exact) mass is 295 g/mol. The molecule has 2 N–H and O–H groups in total. The standard InChI is InChI=1S/C13H17N3O3S/c1-10-3-4-13(7-11(10)8-14-2)20(17,18)16-9-12-5-6-15-19-12/h3-7,14,16H,8-9H2,1-2H3. The van der Waals surface area contributed by atoms with E-state index in [1.807, 2.05) is 14.0 Å². The number of hydrogen-bond acceptors (Lipinski definition) is 5. The SMILES string of the molecule is CNCc1cc(S(=O)(=O)NCc2ccno2)ccc1C. The van der Waals surface area contributed by atoms with Crippen molar-refractivity contribution in [1.82, 2.24) is 15.2 Å². The minimum atomic E-state index is -3.56. The van der Waals surface area contributed by atoms with Gasteiger partial charge in [0.25, 0.3) is 0 Å². The molecule has 0 aliphatic rings. The number of sulfonamides is 1. The maximum absolute atomic E-state index is 12.2. The molecule has 0 amide bonds. The van der Waals surface area contributed by atoms with E-state index in [1.165, 1.54) is 6.20 Å². The van der Waals surface area contributed by atoms with Gasteiger partial charge in [0.2, 0.25) is 10.0 Å². The van der Waals surface area contributed by atoms with Crippen LogP contribution in [0.15, 0.2) is 39.9 Å². The Hall–Kier alpha value is -1.70. The van der Waals surface area contributed by atoms with Crippen LogP contribution in [-0.2, 0) is 23.1 Å². The van der Waals surface area contributed by atoms with Crippen LogP contribution in [0.25, 0.3) is 0 Å². The first-order chi connectivity index (χ1) is 9.53. The Balaban J connectivity index is 2.18. The Morgan fingerprint density at radius 1 is 1.25 bits per heavy atom. The molecule has 6 nitrogen and oxygen atoms in total. The minimum Gasteiger partial charge on any atom is -0.360 e. The first kappa shape index (κ1) is 14.7. The first-order valence-corrected chi connectivity index (χ1v) is 7.64. The van der Waals surface area contributed by atoms with E-state index in [0.29, 0.717) is 12.3 Å². The van der Waals surface area contributed by atoms with Crippen molar-refractivity contribution >= 4 is 10.0 Å². The fourth-order valence-electron chi connectivity index (χ4n) is 1.78. The van der Waals surface area contributed by atoms with E-state index in [-0.39, 0.29) is 11.4 Å². The van der Waals surface area contributed by atoms with Gasteiger partial charge in [0.05, 0.1) is 17.6 Å². The Morgan fingerprint density at radius 2 is 2.05 bits per heavy atom. The molecule has 2 aromatic rings. The summed E-state index contributed by atoms with van der Waals surface area (Å²) in [5, 5.41) is 6.55. The van der Waals surface area contributed by atoms with Gasteiger partial charge >= 0.3 is 0 Å². The van der Waals surface area contributed by atoms with Gasteiger partial charge in [0.1, 0.15) is 0 Å². The van der Waals surface area contributed by atoms with Gasteiger partial charge in [-0.3, -0.25) is 0 Å². The largest absolute Gasteiger partial charge is 0.360 e. The first-order valence-electron chi connectivity index (χ1n) is 6.16. The van der Waals surface area contributed by atoms with Crippen molar-refractivity contribution in [1.29, 1.82) is 0 Å². The third-order valence-corrected chi connectivity index (χ3v) is 4.32. The second kappa shape index (κ2) is 6.17. The highest BCUT2D eigenvalue weighted by Crippen LogP contribution is 2.16. The van der Waals surface area contributed by atoms with Crippen molar-refractivity contribution in [3.63, 3.8) is 0 Å². The average molecular weight is 295 g/mol. The highest BCUT2D eigenvalue weighted by Gasteiger charge is 2.15. The zero-order chi connectivity index (χ0) is 14.6. The van der Waals surface area contributed by atoms with Crippen LogP contribution >= 0.6 is 0 Å². The number of nitrogens with one attached hydrogen (secondary N) is 2. The molecule has 7 heteroatoms. The molecule has 2 rings (SSSR count). The molecular formula is C13H17N3O3S. The summed E-state index contributed by atoms with van der Waals surface area (Å²) >= 11 is 0. The lowest BCUT2D eigenvalue weighted by molar-refractivity contribution is 0.380. The second-order valence-corrected chi connectivity index (χ2v) is 6.19. The van der Waals surface area contributed by atoms with Crippen LogP contribution in [0.1, 0.15) is 16.9 Å². The van der Waals surface area contributed by atoms with Gasteiger partial charge < -0.3 is 9.84 Å². The highest BCUT2D eigenvalue weighted by atomic mass is 32.2. The van der Waals surface area contributed by atoms with Gasteiger partial charge in [-0.15, -0.1) is 0 Å². The lowest BCUT2D eigenvalue weighted by Crippen LogP contribution is -2.23.